The Morgan fingerprint density at radius 2 is 1.86 bits per heavy atom. The van der Waals surface area contributed by atoms with Gasteiger partial charge in [0.15, 0.2) is 17.5 Å². The van der Waals surface area contributed by atoms with Gasteiger partial charge in [-0.3, -0.25) is 0 Å². The second-order valence-corrected chi connectivity index (χ2v) is 4.18. The van der Waals surface area contributed by atoms with Gasteiger partial charge in [0.2, 0.25) is 0 Å². The fourth-order valence-corrected chi connectivity index (χ4v) is 1.54. The van der Waals surface area contributed by atoms with E-state index in [0.29, 0.717) is 11.5 Å². The Kier molecular flexibility index (Phi) is 8.99. The fraction of sp³-hybridized carbons (Fsp3) is 0.462. The summed E-state index contributed by atoms with van der Waals surface area (Å²) in [4.78, 5) is 3.96. The standard InChI is InChI=1S/C13H18F3N3O2.HI/c1-20-10-4-3-9(7-11(10)21-2)8-19-12(17)18-6-5-13(14,15)16;/h3-4,7H,5-6,8H2,1-2H3,(H3,17,18,19);1H. The smallest absolute Gasteiger partial charge is 0.390 e. The number of nitrogens with two attached hydrogens (primary N) is 1. The number of hydrogen-bond acceptors (Lipinski definition) is 3. The maximum Gasteiger partial charge on any atom is 0.390 e. The van der Waals surface area contributed by atoms with E-state index >= 15 is 0 Å². The molecule has 0 atom stereocenters. The summed E-state index contributed by atoms with van der Waals surface area (Å²) in [5, 5.41) is 2.41. The zero-order valence-corrected chi connectivity index (χ0v) is 14.6. The molecule has 0 saturated carbocycles. The topological polar surface area (TPSA) is 68.9 Å². The van der Waals surface area contributed by atoms with E-state index < -0.39 is 12.6 Å². The molecule has 3 N–H and O–H groups in total. The van der Waals surface area contributed by atoms with Crippen molar-refractivity contribution in [2.24, 2.45) is 10.7 Å². The third kappa shape index (κ3) is 7.57. The average Bonchev–Trinajstić information content (AvgIpc) is 2.43. The maximum atomic E-state index is 12.0. The molecule has 126 valence electrons. The molecule has 0 radical (unpaired) electrons. The zero-order valence-electron chi connectivity index (χ0n) is 12.2. The van der Waals surface area contributed by atoms with Gasteiger partial charge in [-0.1, -0.05) is 6.07 Å². The van der Waals surface area contributed by atoms with Gasteiger partial charge >= 0.3 is 6.18 Å². The van der Waals surface area contributed by atoms with Crippen molar-refractivity contribution in [3.8, 4) is 11.5 Å². The van der Waals surface area contributed by atoms with Crippen LogP contribution in [0.4, 0.5) is 13.2 Å². The fourth-order valence-electron chi connectivity index (χ4n) is 1.54. The van der Waals surface area contributed by atoms with Crippen LogP contribution in [0.1, 0.15) is 12.0 Å². The molecule has 0 heterocycles. The van der Waals surface area contributed by atoms with Crippen molar-refractivity contribution in [1.29, 1.82) is 0 Å². The van der Waals surface area contributed by atoms with E-state index in [9.17, 15) is 13.2 Å². The van der Waals surface area contributed by atoms with E-state index in [2.05, 4.69) is 10.3 Å². The highest BCUT2D eigenvalue weighted by Gasteiger charge is 2.26. The van der Waals surface area contributed by atoms with Crippen molar-refractivity contribution in [2.75, 3.05) is 20.8 Å². The molecular formula is C13H19F3IN3O2. The molecule has 1 rings (SSSR count). The monoisotopic (exact) mass is 433 g/mol. The van der Waals surface area contributed by atoms with Crippen molar-refractivity contribution >= 4 is 29.9 Å². The molecule has 1 aromatic rings. The lowest BCUT2D eigenvalue weighted by atomic mass is 10.2. The summed E-state index contributed by atoms with van der Waals surface area (Å²) in [5.41, 5.74) is 6.29. The second kappa shape index (κ2) is 9.59. The van der Waals surface area contributed by atoms with E-state index in [1.54, 1.807) is 18.2 Å². The van der Waals surface area contributed by atoms with Gasteiger partial charge in [-0.05, 0) is 17.7 Å². The van der Waals surface area contributed by atoms with Crippen molar-refractivity contribution < 1.29 is 22.6 Å². The summed E-state index contributed by atoms with van der Waals surface area (Å²) in [7, 11) is 3.04. The van der Waals surface area contributed by atoms with Crippen LogP contribution in [-0.2, 0) is 6.54 Å². The number of guanidine groups is 1. The molecule has 0 bridgehead atoms. The lowest BCUT2D eigenvalue weighted by molar-refractivity contribution is -0.132. The molecule has 0 aliphatic heterocycles. The lowest BCUT2D eigenvalue weighted by Gasteiger charge is -2.09. The molecule has 0 aliphatic carbocycles. The minimum absolute atomic E-state index is 0. The minimum atomic E-state index is -4.21. The molecule has 0 spiro atoms. The van der Waals surface area contributed by atoms with Gasteiger partial charge in [-0.25, -0.2) is 4.99 Å². The number of methoxy groups -OCH3 is 2. The summed E-state index contributed by atoms with van der Waals surface area (Å²) in [6.07, 6.45) is -5.17. The number of benzene rings is 1. The maximum absolute atomic E-state index is 12.0. The van der Waals surface area contributed by atoms with Gasteiger partial charge in [0.25, 0.3) is 0 Å². The number of ether oxygens (including phenoxy) is 2. The summed E-state index contributed by atoms with van der Waals surface area (Å²) in [6.45, 7) is -0.0734. The van der Waals surface area contributed by atoms with Gasteiger partial charge in [-0.15, -0.1) is 24.0 Å². The Bertz CT molecular complexity index is 496. The van der Waals surface area contributed by atoms with E-state index in [0.717, 1.165) is 5.56 Å². The third-order valence-corrected chi connectivity index (χ3v) is 2.59. The summed E-state index contributed by atoms with van der Waals surface area (Å²) in [6, 6.07) is 5.22. The number of nitrogens with one attached hydrogen (secondary N) is 1. The largest absolute Gasteiger partial charge is 0.493 e. The molecular weight excluding hydrogens is 414 g/mol. The van der Waals surface area contributed by atoms with Gasteiger partial charge < -0.3 is 20.5 Å². The highest BCUT2D eigenvalue weighted by molar-refractivity contribution is 14.0. The quantitative estimate of drug-likeness (QED) is 0.412. The first kappa shape index (κ1) is 20.6. The predicted octanol–water partition coefficient (Wildman–Crippen LogP) is 2.68. The molecule has 0 aliphatic rings. The third-order valence-electron chi connectivity index (χ3n) is 2.59. The van der Waals surface area contributed by atoms with Gasteiger partial charge in [0.05, 0.1) is 27.2 Å². The Balaban J connectivity index is 0.00000441. The first-order chi connectivity index (χ1) is 9.85. The van der Waals surface area contributed by atoms with E-state index in [1.807, 2.05) is 0 Å². The molecule has 0 unspecified atom stereocenters. The van der Waals surface area contributed by atoms with Crippen molar-refractivity contribution in [3.05, 3.63) is 23.8 Å². The number of halogens is 4. The van der Waals surface area contributed by atoms with Crippen LogP contribution >= 0.6 is 24.0 Å². The van der Waals surface area contributed by atoms with E-state index in [1.165, 1.54) is 14.2 Å². The second-order valence-electron chi connectivity index (χ2n) is 4.18. The van der Waals surface area contributed by atoms with Crippen molar-refractivity contribution in [2.45, 2.75) is 19.1 Å². The number of aliphatic imine (C=N–C) groups is 1. The summed E-state index contributed by atoms with van der Waals surface area (Å²) >= 11 is 0. The number of rotatable bonds is 6. The predicted molar refractivity (Wildman–Crippen MR) is 89.0 cm³/mol. The van der Waals surface area contributed by atoms with Crippen LogP contribution in [0.25, 0.3) is 0 Å². The van der Waals surface area contributed by atoms with Crippen LogP contribution in [0.2, 0.25) is 0 Å². The first-order valence-corrected chi connectivity index (χ1v) is 6.17. The van der Waals surface area contributed by atoms with Crippen molar-refractivity contribution in [1.82, 2.24) is 5.32 Å². The van der Waals surface area contributed by atoms with Crippen LogP contribution in [0.5, 0.6) is 11.5 Å². The van der Waals surface area contributed by atoms with Crippen LogP contribution in [0, 0.1) is 0 Å². The molecule has 0 saturated heterocycles. The van der Waals surface area contributed by atoms with Crippen LogP contribution < -0.4 is 20.5 Å². The average molecular weight is 433 g/mol. The minimum Gasteiger partial charge on any atom is -0.493 e. The molecule has 5 nitrogen and oxygen atoms in total. The van der Waals surface area contributed by atoms with E-state index in [4.69, 9.17) is 15.2 Å². The van der Waals surface area contributed by atoms with Gasteiger partial charge in [-0.2, -0.15) is 13.2 Å². The highest BCUT2D eigenvalue weighted by Crippen LogP contribution is 2.27. The number of hydrogen-bond donors (Lipinski definition) is 2. The molecule has 9 heteroatoms. The Morgan fingerprint density at radius 3 is 2.41 bits per heavy atom. The lowest BCUT2D eigenvalue weighted by Crippen LogP contribution is -2.34. The molecule has 1 aromatic carbocycles. The molecule has 0 fully saturated rings. The summed E-state index contributed by atoms with van der Waals surface area (Å²) < 4.78 is 46.1. The zero-order chi connectivity index (χ0) is 15.9. The van der Waals surface area contributed by atoms with Crippen molar-refractivity contribution in [3.63, 3.8) is 0 Å². The van der Waals surface area contributed by atoms with Gasteiger partial charge in [0, 0.05) is 6.54 Å². The first-order valence-electron chi connectivity index (χ1n) is 6.17. The van der Waals surface area contributed by atoms with Gasteiger partial charge in [0.1, 0.15) is 0 Å². The van der Waals surface area contributed by atoms with Crippen LogP contribution in [0.15, 0.2) is 23.2 Å². The van der Waals surface area contributed by atoms with Crippen LogP contribution in [-0.4, -0.2) is 32.9 Å². The molecule has 22 heavy (non-hydrogen) atoms. The number of alkyl halides is 3. The number of nitrogens with zero attached hydrogens (tertiary/aromatic N) is 1. The normalized spacial score (nSPS) is 11.6. The Morgan fingerprint density at radius 1 is 1.23 bits per heavy atom. The highest BCUT2D eigenvalue weighted by atomic mass is 127. The Hall–Kier alpha value is -1.39. The molecule has 0 amide bonds. The van der Waals surface area contributed by atoms with E-state index in [-0.39, 0.29) is 43.0 Å². The Labute approximate surface area is 144 Å². The summed E-state index contributed by atoms with van der Waals surface area (Å²) in [5.74, 6) is 1.10. The van der Waals surface area contributed by atoms with Crippen LogP contribution in [0.3, 0.4) is 0 Å². The molecule has 0 aromatic heterocycles. The SMILES string of the molecule is COc1ccc(CN=C(N)NCCC(F)(F)F)cc1OC.I.